The first-order valence-electron chi connectivity index (χ1n) is 12.3. The second-order valence-corrected chi connectivity index (χ2v) is 11.5. The smallest absolute Gasteiger partial charge is 0.151 e. The van der Waals surface area contributed by atoms with E-state index in [-0.39, 0.29) is 16.7 Å². The maximum absolute atomic E-state index is 13.3. The number of carbonyl (C=O) groups excluding carboxylic acids is 1. The maximum atomic E-state index is 13.3. The summed E-state index contributed by atoms with van der Waals surface area (Å²) < 4.78 is 0. The van der Waals surface area contributed by atoms with Crippen molar-refractivity contribution in [3.63, 3.8) is 0 Å². The van der Waals surface area contributed by atoms with Crippen molar-refractivity contribution in [2.24, 2.45) is 46.3 Å². The van der Waals surface area contributed by atoms with Gasteiger partial charge in [0.1, 0.15) is 0 Å². The standard InChI is InChI=1S/C24H41N3O2/c1-16-7-10-24(15-28)17(13-16)3-4-18-19-5-6-21(23(19,2)9-8-20(18)24)22(29)14-27-12-11-25-26-27/h16-21,25-26,28H,3-15H2,1-2H3/t16-,17-,18-,19-,20?,21+,23-,24+/m0/s1. The van der Waals surface area contributed by atoms with Gasteiger partial charge in [0.05, 0.1) is 6.54 Å². The molecule has 1 heterocycles. The van der Waals surface area contributed by atoms with Crippen molar-refractivity contribution in [3.8, 4) is 0 Å². The second kappa shape index (κ2) is 7.58. The van der Waals surface area contributed by atoms with Crippen molar-refractivity contribution in [1.82, 2.24) is 16.0 Å². The summed E-state index contributed by atoms with van der Waals surface area (Å²) in [5.41, 5.74) is 6.60. The molecular weight excluding hydrogens is 362 g/mol. The van der Waals surface area contributed by atoms with Gasteiger partial charge < -0.3 is 5.11 Å². The average molecular weight is 404 g/mol. The van der Waals surface area contributed by atoms with Gasteiger partial charge in [-0.15, -0.1) is 0 Å². The lowest BCUT2D eigenvalue weighted by atomic mass is 9.44. The Morgan fingerprint density at radius 2 is 1.97 bits per heavy atom. The van der Waals surface area contributed by atoms with Crippen LogP contribution < -0.4 is 11.0 Å². The van der Waals surface area contributed by atoms with Crippen LogP contribution in [0.5, 0.6) is 0 Å². The number of ketones is 1. The molecule has 8 atom stereocenters. The lowest BCUT2D eigenvalue weighted by Crippen LogP contribution is -2.56. The number of aliphatic hydroxyl groups excluding tert-OH is 1. The van der Waals surface area contributed by atoms with E-state index >= 15 is 0 Å². The highest BCUT2D eigenvalue weighted by molar-refractivity contribution is 5.84. The minimum Gasteiger partial charge on any atom is -0.396 e. The number of Topliss-reactive ketones (excluding diaryl/α,β-unsaturated/α-hetero) is 1. The number of nitrogens with one attached hydrogen (secondary N) is 2. The minimum absolute atomic E-state index is 0.177. The highest BCUT2D eigenvalue weighted by atomic mass is 16.3. The van der Waals surface area contributed by atoms with E-state index in [1.165, 1.54) is 51.4 Å². The van der Waals surface area contributed by atoms with E-state index in [0.29, 0.717) is 30.8 Å². The Labute approximate surface area is 176 Å². The molecule has 0 amide bonds. The molecule has 4 aliphatic carbocycles. The van der Waals surface area contributed by atoms with Crippen molar-refractivity contribution >= 4 is 5.78 Å². The number of hydrogen-bond acceptors (Lipinski definition) is 5. The van der Waals surface area contributed by atoms with Crippen molar-refractivity contribution in [3.05, 3.63) is 0 Å². The monoisotopic (exact) mass is 403 g/mol. The Hall–Kier alpha value is -0.490. The van der Waals surface area contributed by atoms with Gasteiger partial charge in [-0.25, -0.2) is 10.4 Å². The molecule has 5 heteroatoms. The van der Waals surface area contributed by atoms with Crippen LogP contribution in [-0.2, 0) is 4.79 Å². The van der Waals surface area contributed by atoms with Crippen LogP contribution in [0.25, 0.3) is 0 Å². The van der Waals surface area contributed by atoms with Crippen LogP contribution in [0.2, 0.25) is 0 Å². The second-order valence-electron chi connectivity index (χ2n) is 11.5. The van der Waals surface area contributed by atoms with Gasteiger partial charge in [-0.3, -0.25) is 4.79 Å². The first-order valence-corrected chi connectivity index (χ1v) is 12.3. The van der Waals surface area contributed by atoms with Crippen LogP contribution in [-0.4, -0.2) is 42.1 Å². The van der Waals surface area contributed by atoms with Crippen molar-refractivity contribution in [2.45, 2.75) is 71.6 Å². The Morgan fingerprint density at radius 1 is 1.10 bits per heavy atom. The normalized spacial score (nSPS) is 50.0. The van der Waals surface area contributed by atoms with Gasteiger partial charge in [-0.2, -0.15) is 5.53 Å². The number of fused-ring (bicyclic) bond motifs is 5. The fraction of sp³-hybridized carbons (Fsp3) is 0.958. The van der Waals surface area contributed by atoms with E-state index < -0.39 is 0 Å². The highest BCUT2D eigenvalue weighted by Crippen LogP contribution is 2.67. The molecule has 5 fully saturated rings. The summed E-state index contributed by atoms with van der Waals surface area (Å²) in [4.78, 5) is 13.3. The zero-order valence-corrected chi connectivity index (χ0v) is 18.5. The molecule has 1 unspecified atom stereocenters. The molecule has 164 valence electrons. The number of nitrogens with zero attached hydrogens (tertiary/aromatic N) is 1. The molecular formula is C24H41N3O2. The Kier molecular flexibility index (Phi) is 5.33. The SMILES string of the molecule is C[C@H]1CC[C@]2(CO)C3CC[C@]4(C)[C@@H](C(=O)CN5CCNN5)CC[C@H]4[C@@H]3CC[C@H]2C1. The lowest BCUT2D eigenvalue weighted by Gasteiger charge is -2.61. The van der Waals surface area contributed by atoms with Crippen LogP contribution in [0.3, 0.4) is 0 Å². The molecule has 4 saturated carbocycles. The number of aliphatic hydroxyl groups is 1. The third-order valence-electron chi connectivity index (χ3n) is 10.4. The van der Waals surface area contributed by atoms with Gasteiger partial charge in [0.2, 0.25) is 0 Å². The molecule has 0 aromatic rings. The van der Waals surface area contributed by atoms with Gasteiger partial charge in [-0.05, 0) is 91.8 Å². The molecule has 3 N–H and O–H groups in total. The summed E-state index contributed by atoms with van der Waals surface area (Å²) in [7, 11) is 0. The van der Waals surface area contributed by atoms with E-state index in [4.69, 9.17) is 0 Å². The van der Waals surface area contributed by atoms with Crippen LogP contribution in [0.15, 0.2) is 0 Å². The van der Waals surface area contributed by atoms with Crippen molar-refractivity contribution in [2.75, 3.05) is 26.2 Å². The minimum atomic E-state index is 0.177. The molecule has 0 aromatic carbocycles. The fourth-order valence-corrected chi connectivity index (χ4v) is 8.93. The van der Waals surface area contributed by atoms with Crippen LogP contribution in [0.4, 0.5) is 0 Å². The molecule has 0 aromatic heterocycles. The fourth-order valence-electron chi connectivity index (χ4n) is 8.93. The summed E-state index contributed by atoms with van der Waals surface area (Å²) in [5.74, 6) is 4.34. The molecule has 0 spiro atoms. The molecule has 1 saturated heterocycles. The van der Waals surface area contributed by atoms with Gasteiger partial charge in [0.25, 0.3) is 0 Å². The van der Waals surface area contributed by atoms with E-state index in [0.717, 1.165) is 37.3 Å². The number of rotatable bonds is 4. The van der Waals surface area contributed by atoms with Crippen LogP contribution in [0, 0.1) is 46.3 Å². The van der Waals surface area contributed by atoms with Gasteiger partial charge in [0, 0.05) is 25.6 Å². The Morgan fingerprint density at radius 3 is 2.72 bits per heavy atom. The quantitative estimate of drug-likeness (QED) is 0.673. The van der Waals surface area contributed by atoms with Crippen molar-refractivity contribution in [1.29, 1.82) is 0 Å². The lowest BCUT2D eigenvalue weighted by molar-refractivity contribution is -0.151. The van der Waals surface area contributed by atoms with E-state index in [1.54, 1.807) is 0 Å². The molecule has 0 radical (unpaired) electrons. The number of hydrogen-bond donors (Lipinski definition) is 3. The molecule has 1 aliphatic heterocycles. The summed E-state index contributed by atoms with van der Waals surface area (Å²) in [6.45, 7) is 7.59. The van der Waals surface area contributed by atoms with Crippen LogP contribution >= 0.6 is 0 Å². The van der Waals surface area contributed by atoms with Gasteiger partial charge >= 0.3 is 0 Å². The molecule has 29 heavy (non-hydrogen) atoms. The molecule has 5 aliphatic rings. The third kappa shape index (κ3) is 3.14. The van der Waals surface area contributed by atoms with Crippen LogP contribution in [0.1, 0.15) is 71.6 Å². The largest absolute Gasteiger partial charge is 0.396 e. The topological polar surface area (TPSA) is 64.6 Å². The summed E-state index contributed by atoms with van der Waals surface area (Å²) in [5, 5.41) is 12.7. The highest BCUT2D eigenvalue weighted by Gasteiger charge is 2.62. The van der Waals surface area contributed by atoms with Crippen molar-refractivity contribution < 1.29 is 9.90 Å². The van der Waals surface area contributed by atoms with Gasteiger partial charge in [0.15, 0.2) is 5.78 Å². The van der Waals surface area contributed by atoms with E-state index in [9.17, 15) is 9.90 Å². The zero-order valence-electron chi connectivity index (χ0n) is 18.5. The van der Waals surface area contributed by atoms with E-state index in [2.05, 4.69) is 24.8 Å². The molecule has 5 rings (SSSR count). The summed E-state index contributed by atoms with van der Waals surface area (Å²) >= 11 is 0. The predicted octanol–water partition coefficient (Wildman–Crippen LogP) is 3.15. The zero-order chi connectivity index (χ0) is 20.2. The number of carbonyl (C=O) groups is 1. The molecule has 0 bridgehead atoms. The Balaban J connectivity index is 1.35. The van der Waals surface area contributed by atoms with Gasteiger partial charge in [-0.1, -0.05) is 20.3 Å². The average Bonchev–Trinajstić information content (AvgIpc) is 3.34. The predicted molar refractivity (Wildman–Crippen MR) is 114 cm³/mol. The first kappa shape index (κ1) is 20.4. The number of hydrazine groups is 2. The first-order chi connectivity index (χ1) is 14.0. The maximum Gasteiger partial charge on any atom is 0.151 e. The van der Waals surface area contributed by atoms with E-state index in [1.807, 2.05) is 5.01 Å². The Bertz CT molecular complexity index is 636. The third-order valence-corrected chi connectivity index (χ3v) is 10.4. The molecule has 5 nitrogen and oxygen atoms in total. The summed E-state index contributed by atoms with van der Waals surface area (Å²) in [6, 6.07) is 0. The summed E-state index contributed by atoms with van der Waals surface area (Å²) in [6.07, 6.45) is 11.2.